The van der Waals surface area contributed by atoms with E-state index in [1.807, 2.05) is 30.3 Å². The van der Waals surface area contributed by atoms with Crippen LogP contribution in [0.4, 0.5) is 11.4 Å². The van der Waals surface area contributed by atoms with E-state index in [0.29, 0.717) is 6.10 Å². The molecule has 1 N–H and O–H groups in total. The zero-order chi connectivity index (χ0) is 14.5. The van der Waals surface area contributed by atoms with Crippen molar-refractivity contribution in [3.05, 3.63) is 42.7 Å². The minimum absolute atomic E-state index is 0.313. The third-order valence-corrected chi connectivity index (χ3v) is 3.71. The molecule has 110 valence electrons. The third-order valence-electron chi connectivity index (χ3n) is 3.71. The normalized spacial score (nSPS) is 14.9. The molecule has 0 saturated heterocycles. The maximum atomic E-state index is 6.10. The second-order valence-electron chi connectivity index (χ2n) is 5.26. The van der Waals surface area contributed by atoms with Gasteiger partial charge in [0.15, 0.2) is 11.5 Å². The van der Waals surface area contributed by atoms with Crippen LogP contribution in [-0.2, 0) is 0 Å². The minimum Gasteiger partial charge on any atom is -0.493 e. The van der Waals surface area contributed by atoms with Crippen molar-refractivity contribution in [2.45, 2.75) is 31.8 Å². The second-order valence-corrected chi connectivity index (χ2v) is 5.26. The number of anilines is 2. The SMILES string of the molecule is COc1ccc(Nc2cccnc2)cc1OC1CCCC1. The summed E-state index contributed by atoms with van der Waals surface area (Å²) < 4.78 is 11.5. The van der Waals surface area contributed by atoms with Gasteiger partial charge in [0, 0.05) is 18.0 Å². The molecule has 0 amide bonds. The van der Waals surface area contributed by atoms with Gasteiger partial charge in [-0.3, -0.25) is 4.98 Å². The first kappa shape index (κ1) is 13.7. The highest BCUT2D eigenvalue weighted by atomic mass is 16.5. The van der Waals surface area contributed by atoms with E-state index >= 15 is 0 Å². The average molecular weight is 284 g/mol. The number of benzene rings is 1. The van der Waals surface area contributed by atoms with Crippen molar-refractivity contribution in [1.82, 2.24) is 4.98 Å². The predicted molar refractivity (Wildman–Crippen MR) is 83.4 cm³/mol. The Balaban J connectivity index is 1.78. The van der Waals surface area contributed by atoms with Gasteiger partial charge in [-0.1, -0.05) is 0 Å². The topological polar surface area (TPSA) is 43.4 Å². The first-order chi connectivity index (χ1) is 10.3. The first-order valence-electron chi connectivity index (χ1n) is 7.37. The van der Waals surface area contributed by atoms with Crippen molar-refractivity contribution in [3.8, 4) is 11.5 Å². The molecule has 1 saturated carbocycles. The van der Waals surface area contributed by atoms with Gasteiger partial charge in [0.1, 0.15) is 0 Å². The number of pyridine rings is 1. The van der Waals surface area contributed by atoms with E-state index in [0.717, 1.165) is 35.7 Å². The molecule has 1 aromatic heterocycles. The van der Waals surface area contributed by atoms with Crippen LogP contribution in [-0.4, -0.2) is 18.2 Å². The monoisotopic (exact) mass is 284 g/mol. The van der Waals surface area contributed by atoms with E-state index in [1.54, 1.807) is 19.5 Å². The quantitative estimate of drug-likeness (QED) is 0.895. The maximum Gasteiger partial charge on any atom is 0.163 e. The largest absolute Gasteiger partial charge is 0.493 e. The fourth-order valence-corrected chi connectivity index (χ4v) is 2.64. The lowest BCUT2D eigenvalue weighted by molar-refractivity contribution is 0.201. The van der Waals surface area contributed by atoms with Gasteiger partial charge in [-0.05, 0) is 49.9 Å². The predicted octanol–water partition coefficient (Wildman–Crippen LogP) is 4.16. The van der Waals surface area contributed by atoms with Gasteiger partial charge >= 0.3 is 0 Å². The van der Waals surface area contributed by atoms with Crippen molar-refractivity contribution in [1.29, 1.82) is 0 Å². The van der Waals surface area contributed by atoms with E-state index in [-0.39, 0.29) is 0 Å². The summed E-state index contributed by atoms with van der Waals surface area (Å²) in [6.45, 7) is 0. The van der Waals surface area contributed by atoms with Crippen LogP contribution in [0.3, 0.4) is 0 Å². The van der Waals surface area contributed by atoms with Crippen LogP contribution in [0.5, 0.6) is 11.5 Å². The molecule has 1 aliphatic carbocycles. The molecule has 0 unspecified atom stereocenters. The van der Waals surface area contributed by atoms with Crippen molar-refractivity contribution in [2.75, 3.05) is 12.4 Å². The number of ether oxygens (including phenoxy) is 2. The highest BCUT2D eigenvalue weighted by molar-refractivity contribution is 5.62. The van der Waals surface area contributed by atoms with Gasteiger partial charge in [0.2, 0.25) is 0 Å². The molecule has 2 aromatic rings. The highest BCUT2D eigenvalue weighted by Gasteiger charge is 2.18. The molecule has 0 spiro atoms. The number of methoxy groups -OCH3 is 1. The highest BCUT2D eigenvalue weighted by Crippen LogP contribution is 2.34. The van der Waals surface area contributed by atoms with E-state index in [9.17, 15) is 0 Å². The number of aromatic nitrogens is 1. The second kappa shape index (κ2) is 6.48. The Morgan fingerprint density at radius 1 is 1.10 bits per heavy atom. The molecule has 1 aromatic carbocycles. The Labute approximate surface area is 125 Å². The summed E-state index contributed by atoms with van der Waals surface area (Å²) >= 11 is 0. The molecule has 1 aliphatic rings. The molecular formula is C17H20N2O2. The maximum absolute atomic E-state index is 6.10. The van der Waals surface area contributed by atoms with Gasteiger partial charge in [-0.25, -0.2) is 0 Å². The standard InChI is InChI=1S/C17H20N2O2/c1-20-16-9-8-13(19-14-5-4-10-18-12-14)11-17(16)21-15-6-2-3-7-15/h4-5,8-12,15,19H,2-3,6-7H2,1H3. The number of hydrogen-bond acceptors (Lipinski definition) is 4. The molecule has 4 heteroatoms. The molecule has 21 heavy (non-hydrogen) atoms. The lowest BCUT2D eigenvalue weighted by Crippen LogP contribution is -2.11. The fourth-order valence-electron chi connectivity index (χ4n) is 2.64. The molecule has 0 radical (unpaired) electrons. The van der Waals surface area contributed by atoms with Gasteiger partial charge in [0.05, 0.1) is 25.1 Å². The summed E-state index contributed by atoms with van der Waals surface area (Å²) in [4.78, 5) is 4.10. The average Bonchev–Trinajstić information content (AvgIpc) is 3.02. The minimum atomic E-state index is 0.313. The van der Waals surface area contributed by atoms with Gasteiger partial charge in [-0.2, -0.15) is 0 Å². The van der Waals surface area contributed by atoms with Crippen molar-refractivity contribution in [2.24, 2.45) is 0 Å². The van der Waals surface area contributed by atoms with E-state index in [2.05, 4.69) is 10.3 Å². The van der Waals surface area contributed by atoms with E-state index < -0.39 is 0 Å². The Hall–Kier alpha value is -2.23. The lowest BCUT2D eigenvalue weighted by Gasteiger charge is -2.17. The fraction of sp³-hybridized carbons (Fsp3) is 0.353. The van der Waals surface area contributed by atoms with Crippen LogP contribution in [0, 0.1) is 0 Å². The van der Waals surface area contributed by atoms with Crippen molar-refractivity contribution >= 4 is 11.4 Å². The molecular weight excluding hydrogens is 264 g/mol. The van der Waals surface area contributed by atoms with Crippen LogP contribution in [0.1, 0.15) is 25.7 Å². The van der Waals surface area contributed by atoms with Crippen LogP contribution in [0.25, 0.3) is 0 Å². The smallest absolute Gasteiger partial charge is 0.163 e. The summed E-state index contributed by atoms with van der Waals surface area (Å²) in [6.07, 6.45) is 8.62. The van der Waals surface area contributed by atoms with Crippen molar-refractivity contribution in [3.63, 3.8) is 0 Å². The number of nitrogens with zero attached hydrogens (tertiary/aromatic N) is 1. The summed E-state index contributed by atoms with van der Waals surface area (Å²) in [5, 5.41) is 3.32. The zero-order valence-electron chi connectivity index (χ0n) is 12.2. The number of hydrogen-bond donors (Lipinski definition) is 1. The number of rotatable bonds is 5. The molecule has 3 rings (SSSR count). The Bertz CT molecular complexity index is 581. The van der Waals surface area contributed by atoms with Crippen molar-refractivity contribution < 1.29 is 9.47 Å². The molecule has 1 heterocycles. The van der Waals surface area contributed by atoms with Gasteiger partial charge in [0.25, 0.3) is 0 Å². The molecule has 0 bridgehead atoms. The molecule has 0 atom stereocenters. The Kier molecular flexibility index (Phi) is 4.24. The molecule has 0 aliphatic heterocycles. The molecule has 4 nitrogen and oxygen atoms in total. The van der Waals surface area contributed by atoms with Gasteiger partial charge in [-0.15, -0.1) is 0 Å². The summed E-state index contributed by atoms with van der Waals surface area (Å²) in [7, 11) is 1.67. The summed E-state index contributed by atoms with van der Waals surface area (Å²) in [5.74, 6) is 1.58. The zero-order valence-corrected chi connectivity index (χ0v) is 12.2. The number of nitrogens with one attached hydrogen (secondary N) is 1. The van der Waals surface area contributed by atoms with E-state index in [1.165, 1.54) is 12.8 Å². The van der Waals surface area contributed by atoms with Crippen LogP contribution >= 0.6 is 0 Å². The third kappa shape index (κ3) is 3.45. The first-order valence-corrected chi connectivity index (χ1v) is 7.37. The summed E-state index contributed by atoms with van der Waals surface area (Å²) in [5.41, 5.74) is 1.92. The van der Waals surface area contributed by atoms with Crippen LogP contribution in [0.2, 0.25) is 0 Å². The lowest BCUT2D eigenvalue weighted by atomic mass is 10.2. The summed E-state index contributed by atoms with van der Waals surface area (Å²) in [6, 6.07) is 9.79. The van der Waals surface area contributed by atoms with Crippen LogP contribution in [0.15, 0.2) is 42.7 Å². The van der Waals surface area contributed by atoms with Crippen LogP contribution < -0.4 is 14.8 Å². The van der Waals surface area contributed by atoms with Gasteiger partial charge < -0.3 is 14.8 Å². The Morgan fingerprint density at radius 3 is 2.67 bits per heavy atom. The molecule has 1 fully saturated rings. The Morgan fingerprint density at radius 2 is 1.95 bits per heavy atom. The van der Waals surface area contributed by atoms with E-state index in [4.69, 9.17) is 9.47 Å².